The average molecular weight is 1690 g/mol. The zero-order valence-corrected chi connectivity index (χ0v) is 69.9. The molecule has 3 atom stereocenters. The summed E-state index contributed by atoms with van der Waals surface area (Å²) in [5.74, 6) is -7.90. The lowest BCUT2D eigenvalue weighted by atomic mass is 9.96. The minimum Gasteiger partial charge on any atom is -0.495 e. The van der Waals surface area contributed by atoms with Crippen LogP contribution in [0.3, 0.4) is 0 Å². The van der Waals surface area contributed by atoms with Crippen molar-refractivity contribution in [1.29, 1.82) is 0 Å². The molecular formula is C86H100Cl3F3N4O21. The summed E-state index contributed by atoms with van der Waals surface area (Å²) in [5.41, 5.74) is 2.37. The van der Waals surface area contributed by atoms with E-state index in [9.17, 15) is 62.2 Å². The number of ketones is 4. The number of aromatic carboxylic acids is 2. The minimum atomic E-state index is -1.23. The van der Waals surface area contributed by atoms with Crippen LogP contribution in [-0.2, 0) is 39.8 Å². The van der Waals surface area contributed by atoms with Crippen molar-refractivity contribution >= 4 is 87.5 Å². The van der Waals surface area contributed by atoms with Gasteiger partial charge < -0.3 is 58.8 Å². The Morgan fingerprint density at radius 2 is 0.726 bits per heavy atom. The second-order valence-electron chi connectivity index (χ2n) is 30.3. The van der Waals surface area contributed by atoms with Crippen LogP contribution in [0.15, 0.2) is 136 Å². The van der Waals surface area contributed by atoms with Gasteiger partial charge in [-0.15, -0.1) is 0 Å². The van der Waals surface area contributed by atoms with E-state index in [1.165, 1.54) is 130 Å². The van der Waals surface area contributed by atoms with E-state index < -0.39 is 116 Å². The molecule has 3 heterocycles. The number of aliphatic carboxylic acids is 1. The number of carboxylic acid groups (broad SMARTS) is 3. The summed E-state index contributed by atoms with van der Waals surface area (Å²) in [6, 6.07) is 19.9. The smallest absolute Gasteiger partial charge is 0.335 e. The summed E-state index contributed by atoms with van der Waals surface area (Å²) < 4.78 is 87.5. The number of hydrogen-bond acceptors (Lipinski definition) is 19. The van der Waals surface area contributed by atoms with Crippen LogP contribution < -0.4 is 36.6 Å². The van der Waals surface area contributed by atoms with Gasteiger partial charge in [0.2, 0.25) is 0 Å². The molecule has 8 rings (SSSR count). The third-order valence-corrected chi connectivity index (χ3v) is 17.8. The van der Waals surface area contributed by atoms with Gasteiger partial charge in [-0.25, -0.2) is 32.3 Å². The van der Waals surface area contributed by atoms with Crippen LogP contribution in [0, 0.1) is 17.5 Å². The SMILES string of the molecule is C.COc1cn(C(CCOC(C)(C)C)C(=O)Cc2ccc(C(=O)O)cc2)c(=O)cc1-c1c(C(C)=O)ccc(Cl)c1F.COc1cn(C(CCOC(C)(C)C)C(=O)O)c(=O)cc1-c1c(C(C)=O)ccc(Cl)c1F.COc1cn(C(CCOC(C)(C)C)C(=O)OC(C)(C)C)c(=O)cc1-c1c(C(C)=O)ccc(Cl)c1F.Nc1ccc(C(=O)O)cc1. The molecule has 0 spiro atoms. The Labute approximate surface area is 691 Å². The molecule has 5 N–H and O–H groups in total. The highest BCUT2D eigenvalue weighted by Gasteiger charge is 2.33. The van der Waals surface area contributed by atoms with E-state index >= 15 is 8.78 Å². The van der Waals surface area contributed by atoms with Crippen LogP contribution in [0.4, 0.5) is 18.9 Å². The molecule has 0 aliphatic rings. The first-order chi connectivity index (χ1) is 53.8. The number of nitrogen functional groups attached to an aromatic ring is 1. The zero-order chi connectivity index (χ0) is 87.6. The first kappa shape index (κ1) is 98.6. The van der Waals surface area contributed by atoms with Gasteiger partial charge >= 0.3 is 23.9 Å². The van der Waals surface area contributed by atoms with Crippen molar-refractivity contribution < 1.29 is 100 Å². The lowest BCUT2D eigenvalue weighted by molar-refractivity contribution is -0.160. The first-order valence-corrected chi connectivity index (χ1v) is 37.2. The molecule has 25 nitrogen and oxygen atoms in total. The van der Waals surface area contributed by atoms with Crippen LogP contribution in [0.2, 0.25) is 15.1 Å². The number of halogens is 6. The third-order valence-electron chi connectivity index (χ3n) is 16.9. The maximum absolute atomic E-state index is 15.2. The zero-order valence-electron chi connectivity index (χ0n) is 67.6. The number of anilines is 1. The highest BCUT2D eigenvalue weighted by molar-refractivity contribution is 6.32. The molecule has 3 unspecified atom stereocenters. The predicted molar refractivity (Wildman–Crippen MR) is 441 cm³/mol. The second kappa shape index (κ2) is 42.4. The highest BCUT2D eigenvalue weighted by Crippen LogP contribution is 2.41. The molecule has 0 radical (unpaired) electrons. The van der Waals surface area contributed by atoms with Crippen LogP contribution in [0.5, 0.6) is 17.2 Å². The standard InChI is InChI=1S/C30H31ClFNO7.C26H33ClFNO6.C22H25ClFNO6.C7H7NO2.CH4/c1-17(34)20-10-11-22(31)28(32)27(20)21-15-26(36)33(16-25(21)39-5)23(12-13-40-30(2,3)4)24(35)14-18-6-8-19(9-7-18)29(37)38;1-15(30)16-9-10-18(27)23(28)22(16)17-13-21(31)29(14-20(17)33-8)19(11-12-34-25(2,3)4)24(32)35-26(5,6)7;1-12(26)13-6-7-15(23)20(24)19(13)14-10-18(27)25(11-17(14)30-5)16(21(28)29)8-9-31-22(2,3)4;8-6-3-1-5(2-4-6)7(9)10;/h6-11,15-16,23H,12-14H2,1-5H3,(H,37,38);9-10,13-14,19H,11-12H2,1-8H3;6-7,10-11,16H,8-9H2,1-5H3,(H,28,29);1-4H,8H2,(H,9,10);1H4. The number of pyridine rings is 3. The molecule has 0 aliphatic heterocycles. The second-order valence-corrected chi connectivity index (χ2v) is 31.5. The molecular weight excluding hydrogens is 1590 g/mol. The van der Waals surface area contributed by atoms with Crippen molar-refractivity contribution in [2.24, 2.45) is 0 Å². The summed E-state index contributed by atoms with van der Waals surface area (Å²) >= 11 is 17.9. The van der Waals surface area contributed by atoms with Crippen molar-refractivity contribution in [3.8, 4) is 50.6 Å². The summed E-state index contributed by atoms with van der Waals surface area (Å²) in [5, 5.41) is 26.6. The number of methoxy groups -OCH3 is 3. The molecule has 8 aromatic rings. The van der Waals surface area contributed by atoms with Crippen LogP contribution in [0.25, 0.3) is 33.4 Å². The Kier molecular flexibility index (Phi) is 35.7. The molecule has 5 aromatic carbocycles. The van der Waals surface area contributed by atoms with Crippen molar-refractivity contribution in [3.05, 3.63) is 219 Å². The maximum Gasteiger partial charge on any atom is 0.335 e. The first-order valence-electron chi connectivity index (χ1n) is 36.1. The summed E-state index contributed by atoms with van der Waals surface area (Å²) in [6.07, 6.45) is 4.07. The molecule has 31 heteroatoms. The molecule has 117 heavy (non-hydrogen) atoms. The van der Waals surface area contributed by atoms with Gasteiger partial charge in [-0.05, 0) is 189 Å². The van der Waals surface area contributed by atoms with Gasteiger partial charge in [0.15, 0.2) is 23.1 Å². The largest absolute Gasteiger partial charge is 0.495 e. The summed E-state index contributed by atoms with van der Waals surface area (Å²) in [7, 11) is 3.96. The van der Waals surface area contributed by atoms with Crippen LogP contribution in [0.1, 0.15) is 206 Å². The average Bonchev–Trinajstić information content (AvgIpc) is 0.778. The van der Waals surface area contributed by atoms with Crippen molar-refractivity contribution in [1.82, 2.24) is 13.7 Å². The van der Waals surface area contributed by atoms with E-state index in [0.29, 0.717) is 11.3 Å². The number of hydrogen-bond donors (Lipinski definition) is 4. The normalized spacial score (nSPS) is 12.1. The van der Waals surface area contributed by atoms with Gasteiger partial charge in [0.1, 0.15) is 52.4 Å². The van der Waals surface area contributed by atoms with E-state index in [1.54, 1.807) is 45.0 Å². The number of rotatable bonds is 28. The number of carbonyl (C=O) groups is 8. The highest BCUT2D eigenvalue weighted by atomic mass is 35.5. The van der Waals surface area contributed by atoms with Gasteiger partial charge in [-0.3, -0.25) is 42.7 Å². The summed E-state index contributed by atoms with van der Waals surface area (Å²) in [6.45, 7) is 26.2. The Hall–Kier alpha value is -10.8. The van der Waals surface area contributed by atoms with E-state index in [4.69, 9.17) is 83.9 Å². The Bertz CT molecular complexity index is 5130. The van der Waals surface area contributed by atoms with E-state index in [2.05, 4.69) is 0 Å². The van der Waals surface area contributed by atoms with Gasteiger partial charge in [0.05, 0.1) is 89.0 Å². The van der Waals surface area contributed by atoms with Crippen molar-refractivity contribution in [3.63, 3.8) is 0 Å². The molecule has 0 saturated heterocycles. The van der Waals surface area contributed by atoms with Crippen molar-refractivity contribution in [2.45, 2.75) is 177 Å². The van der Waals surface area contributed by atoms with Crippen molar-refractivity contribution in [2.75, 3.05) is 46.9 Å². The Morgan fingerprint density at radius 3 is 1.01 bits per heavy atom. The molecule has 0 bridgehead atoms. The van der Waals surface area contributed by atoms with Gasteiger partial charge in [0.25, 0.3) is 16.7 Å². The minimum absolute atomic E-state index is 0. The number of aromatic nitrogens is 3. The number of esters is 1. The number of nitrogens with zero attached hydrogens (tertiary/aromatic N) is 3. The summed E-state index contributed by atoms with van der Waals surface area (Å²) in [4.78, 5) is 136. The Morgan fingerprint density at radius 1 is 0.436 bits per heavy atom. The number of nitrogens with two attached hydrogens (primary N) is 1. The lowest BCUT2D eigenvalue weighted by Gasteiger charge is -2.27. The Balaban J connectivity index is 0.000000348. The number of carbonyl (C=O) groups excluding carboxylic acids is 5. The molecule has 3 aromatic heterocycles. The third kappa shape index (κ3) is 28.0. The predicted octanol–water partition coefficient (Wildman–Crippen LogP) is 17.3. The topological polar surface area (TPSA) is 354 Å². The van der Waals surface area contributed by atoms with Crippen LogP contribution >= 0.6 is 34.8 Å². The quantitative estimate of drug-likeness (QED) is 0.0201. The molecule has 632 valence electrons. The lowest BCUT2D eigenvalue weighted by Crippen LogP contribution is -2.36. The fourth-order valence-electron chi connectivity index (χ4n) is 11.4. The van der Waals surface area contributed by atoms with Gasteiger partial charge in [-0.1, -0.05) is 54.4 Å². The van der Waals surface area contributed by atoms with E-state index in [-0.39, 0.29) is 152 Å². The van der Waals surface area contributed by atoms with Gasteiger partial charge in [0, 0.05) is 113 Å². The van der Waals surface area contributed by atoms with Crippen LogP contribution in [-0.4, -0.2) is 140 Å². The van der Waals surface area contributed by atoms with E-state index in [0.717, 1.165) is 22.8 Å². The number of carboxylic acids is 3. The molecule has 0 saturated carbocycles. The molecule has 0 amide bonds. The fourth-order valence-corrected chi connectivity index (χ4v) is 11.9. The molecule has 0 fully saturated rings. The number of ether oxygens (including phenoxy) is 7. The maximum atomic E-state index is 15.2. The monoisotopic (exact) mass is 1690 g/mol. The number of benzene rings is 5. The van der Waals surface area contributed by atoms with E-state index in [1.807, 2.05) is 62.3 Å². The number of Topliss-reactive ketones (excluding diaryl/α,β-unsaturated/α-hetero) is 4. The van der Waals surface area contributed by atoms with Gasteiger partial charge in [-0.2, -0.15) is 0 Å². The molecule has 0 aliphatic carbocycles. The fraction of sp³-hybridized carbons (Fsp3) is 0.384.